The van der Waals surface area contributed by atoms with Crippen molar-refractivity contribution in [1.82, 2.24) is 9.47 Å². The molecule has 0 bridgehead atoms. The highest BCUT2D eigenvalue weighted by atomic mass is 16.3. The number of nitrogens with one attached hydrogen (secondary N) is 1. The minimum atomic E-state index is -0.565. The van der Waals surface area contributed by atoms with Crippen LogP contribution in [0, 0.1) is 25.2 Å². The second kappa shape index (κ2) is 8.73. The van der Waals surface area contributed by atoms with E-state index in [2.05, 4.69) is 11.4 Å². The average Bonchev–Trinajstić information content (AvgIpc) is 3.36. The number of carbonyl (C=O) groups is 2. The number of hydrogen-bond donors (Lipinski definition) is 2. The zero-order chi connectivity index (χ0) is 22.8. The van der Waals surface area contributed by atoms with Crippen molar-refractivity contribution in [2.45, 2.75) is 39.4 Å². The maximum absolute atomic E-state index is 13.1. The quantitative estimate of drug-likeness (QED) is 0.622. The summed E-state index contributed by atoms with van der Waals surface area (Å²) in [6, 6.07) is 13.1. The van der Waals surface area contributed by atoms with Gasteiger partial charge in [0.1, 0.15) is 17.6 Å². The van der Waals surface area contributed by atoms with Gasteiger partial charge in [-0.25, -0.2) is 0 Å². The molecule has 0 radical (unpaired) electrons. The first-order valence-electron chi connectivity index (χ1n) is 10.4. The van der Waals surface area contributed by atoms with E-state index in [4.69, 9.17) is 10.2 Å². The highest BCUT2D eigenvalue weighted by molar-refractivity contribution is 5.94. The first-order valence-corrected chi connectivity index (χ1v) is 10.4. The molecule has 164 valence electrons. The van der Waals surface area contributed by atoms with Gasteiger partial charge >= 0.3 is 0 Å². The lowest BCUT2D eigenvalue weighted by molar-refractivity contribution is -0.125. The third-order valence-electron chi connectivity index (χ3n) is 6.11. The van der Waals surface area contributed by atoms with Crippen LogP contribution < -0.4 is 11.1 Å². The third kappa shape index (κ3) is 4.03. The van der Waals surface area contributed by atoms with Gasteiger partial charge in [-0.05, 0) is 49.1 Å². The van der Waals surface area contributed by atoms with Crippen LogP contribution >= 0.6 is 0 Å². The van der Waals surface area contributed by atoms with Crippen molar-refractivity contribution >= 4 is 17.6 Å². The summed E-state index contributed by atoms with van der Waals surface area (Å²) in [6.07, 6.45) is 2.05. The van der Waals surface area contributed by atoms with Gasteiger partial charge in [0.05, 0.1) is 31.0 Å². The fourth-order valence-electron chi connectivity index (χ4n) is 4.27. The summed E-state index contributed by atoms with van der Waals surface area (Å²) in [5.74, 6) is 0.365. The van der Waals surface area contributed by atoms with Crippen LogP contribution in [0.5, 0.6) is 0 Å². The van der Waals surface area contributed by atoms with E-state index in [1.807, 2.05) is 48.7 Å². The SMILES string of the molecule is Cc1c(C#N)c(NC(=O)CN2Cc3ccccc3C[C@H]2C(N)=O)n(Cc2ccco2)c1C. The molecule has 32 heavy (non-hydrogen) atoms. The highest BCUT2D eigenvalue weighted by Gasteiger charge is 2.31. The smallest absolute Gasteiger partial charge is 0.239 e. The van der Waals surface area contributed by atoms with E-state index in [9.17, 15) is 14.9 Å². The topological polar surface area (TPSA) is 117 Å². The molecule has 4 rings (SSSR count). The van der Waals surface area contributed by atoms with Crippen LogP contribution in [-0.2, 0) is 29.1 Å². The second-order valence-electron chi connectivity index (χ2n) is 8.06. The second-order valence-corrected chi connectivity index (χ2v) is 8.06. The molecule has 3 aromatic rings. The fourth-order valence-corrected chi connectivity index (χ4v) is 4.27. The first kappa shape index (κ1) is 21.4. The number of aromatic nitrogens is 1. The molecule has 2 aromatic heterocycles. The molecule has 0 aliphatic carbocycles. The summed E-state index contributed by atoms with van der Waals surface area (Å²) >= 11 is 0. The Labute approximate surface area is 186 Å². The summed E-state index contributed by atoms with van der Waals surface area (Å²) in [5, 5.41) is 12.6. The molecule has 1 aliphatic heterocycles. The molecule has 8 heteroatoms. The molecule has 0 spiro atoms. The van der Waals surface area contributed by atoms with Gasteiger partial charge in [0.15, 0.2) is 0 Å². The Morgan fingerprint density at radius 1 is 1.22 bits per heavy atom. The Hall–Kier alpha value is -3.83. The molecule has 0 saturated heterocycles. The maximum Gasteiger partial charge on any atom is 0.239 e. The van der Waals surface area contributed by atoms with Crippen molar-refractivity contribution in [2.75, 3.05) is 11.9 Å². The van der Waals surface area contributed by atoms with Crippen LogP contribution in [0.3, 0.4) is 0 Å². The van der Waals surface area contributed by atoms with Crippen molar-refractivity contribution in [1.29, 1.82) is 5.26 Å². The van der Waals surface area contributed by atoms with Gasteiger partial charge < -0.3 is 20.0 Å². The molecule has 1 atom stereocenters. The molecule has 3 N–H and O–H groups in total. The normalized spacial score (nSPS) is 15.7. The highest BCUT2D eigenvalue weighted by Crippen LogP contribution is 2.28. The van der Waals surface area contributed by atoms with Crippen LogP contribution in [0.25, 0.3) is 0 Å². The molecule has 0 fully saturated rings. The number of anilines is 1. The number of hydrogen-bond acceptors (Lipinski definition) is 5. The predicted molar refractivity (Wildman–Crippen MR) is 119 cm³/mol. The third-order valence-corrected chi connectivity index (χ3v) is 6.11. The van der Waals surface area contributed by atoms with Crippen LogP contribution in [0.4, 0.5) is 5.82 Å². The zero-order valence-corrected chi connectivity index (χ0v) is 18.1. The summed E-state index contributed by atoms with van der Waals surface area (Å²) in [5.41, 5.74) is 9.87. The standard InChI is InChI=1S/C24H25N5O3/c1-15-16(2)29(13-19-8-5-9-32-19)24(20(15)11-25)27-22(30)14-28-12-18-7-4-3-6-17(18)10-21(28)23(26)31/h3-9,21H,10,12-14H2,1-2H3,(H2,26,31)(H,27,30)/t21-/m0/s1. The number of rotatable bonds is 6. The van der Waals surface area contributed by atoms with Crippen LogP contribution in [0.2, 0.25) is 0 Å². The number of benzene rings is 1. The van der Waals surface area contributed by atoms with Crippen LogP contribution in [0.15, 0.2) is 47.1 Å². The molecule has 3 heterocycles. The van der Waals surface area contributed by atoms with E-state index in [0.717, 1.165) is 22.4 Å². The van der Waals surface area contributed by atoms with E-state index in [1.165, 1.54) is 0 Å². The number of nitriles is 1. The van der Waals surface area contributed by atoms with Crippen molar-refractivity contribution in [3.05, 3.63) is 76.4 Å². The number of primary amides is 1. The lowest BCUT2D eigenvalue weighted by Crippen LogP contribution is -2.51. The minimum Gasteiger partial charge on any atom is -0.467 e. The average molecular weight is 431 g/mol. The Morgan fingerprint density at radius 2 is 1.97 bits per heavy atom. The fraction of sp³-hybridized carbons (Fsp3) is 0.292. The van der Waals surface area contributed by atoms with Gasteiger partial charge in [0, 0.05) is 12.2 Å². The molecule has 0 unspecified atom stereocenters. The van der Waals surface area contributed by atoms with E-state index in [-0.39, 0.29) is 12.5 Å². The minimum absolute atomic E-state index is 0.0170. The number of nitrogens with two attached hydrogens (primary N) is 1. The monoisotopic (exact) mass is 431 g/mol. The van der Waals surface area contributed by atoms with Crippen LogP contribution in [-0.4, -0.2) is 33.9 Å². The van der Waals surface area contributed by atoms with Crippen molar-refractivity contribution in [2.24, 2.45) is 5.73 Å². The molecule has 2 amide bonds. The number of nitrogens with zero attached hydrogens (tertiary/aromatic N) is 3. The van der Waals surface area contributed by atoms with E-state index >= 15 is 0 Å². The molecule has 0 saturated carbocycles. The van der Waals surface area contributed by atoms with Crippen molar-refractivity contribution in [3.63, 3.8) is 0 Å². The Morgan fingerprint density at radius 3 is 2.62 bits per heavy atom. The van der Waals surface area contributed by atoms with E-state index in [1.54, 1.807) is 17.2 Å². The maximum atomic E-state index is 13.1. The summed E-state index contributed by atoms with van der Waals surface area (Å²) in [7, 11) is 0. The lowest BCUT2D eigenvalue weighted by atomic mass is 9.93. The van der Waals surface area contributed by atoms with Gasteiger partial charge in [-0.3, -0.25) is 14.5 Å². The number of fused-ring (bicyclic) bond motifs is 1. The van der Waals surface area contributed by atoms with Gasteiger partial charge in [-0.15, -0.1) is 0 Å². The number of amides is 2. The van der Waals surface area contributed by atoms with Gasteiger partial charge in [-0.1, -0.05) is 24.3 Å². The zero-order valence-electron chi connectivity index (χ0n) is 18.1. The summed E-state index contributed by atoms with van der Waals surface area (Å²) in [4.78, 5) is 26.9. The molecule has 1 aliphatic rings. The Kier molecular flexibility index (Phi) is 5.84. The predicted octanol–water partition coefficient (Wildman–Crippen LogP) is 2.47. The van der Waals surface area contributed by atoms with E-state index < -0.39 is 11.9 Å². The van der Waals surface area contributed by atoms with Crippen molar-refractivity contribution < 1.29 is 14.0 Å². The van der Waals surface area contributed by atoms with Gasteiger partial charge in [0.25, 0.3) is 0 Å². The molecule has 8 nitrogen and oxygen atoms in total. The van der Waals surface area contributed by atoms with Gasteiger partial charge in [-0.2, -0.15) is 5.26 Å². The van der Waals surface area contributed by atoms with Gasteiger partial charge in [0.2, 0.25) is 11.8 Å². The molecular formula is C24H25N5O3. The number of furan rings is 1. The summed E-state index contributed by atoms with van der Waals surface area (Å²) < 4.78 is 7.32. The largest absolute Gasteiger partial charge is 0.467 e. The van der Waals surface area contributed by atoms with Crippen LogP contribution in [0.1, 0.15) is 33.7 Å². The van der Waals surface area contributed by atoms with Crippen molar-refractivity contribution in [3.8, 4) is 6.07 Å². The van der Waals surface area contributed by atoms with E-state index in [0.29, 0.717) is 36.7 Å². The Balaban J connectivity index is 1.58. The summed E-state index contributed by atoms with van der Waals surface area (Å²) in [6.45, 7) is 4.58. The first-order chi connectivity index (χ1) is 15.4. The lowest BCUT2D eigenvalue weighted by Gasteiger charge is -2.34. The molecular weight excluding hydrogens is 406 g/mol. The Bertz CT molecular complexity index is 1200. The number of carbonyl (C=O) groups excluding carboxylic acids is 2. The molecule has 1 aromatic carbocycles.